The number of nitrogens with two attached hydrogens (primary N) is 1. The number of rotatable bonds is 3. The highest BCUT2D eigenvalue weighted by molar-refractivity contribution is 6.05. The second kappa shape index (κ2) is 7.55. The Morgan fingerprint density at radius 3 is 2.81 bits per heavy atom. The summed E-state index contributed by atoms with van der Waals surface area (Å²) in [7, 11) is 1.53. The van der Waals surface area contributed by atoms with Crippen LogP contribution in [-0.4, -0.2) is 43.0 Å². The quantitative estimate of drug-likeness (QED) is 0.423. The second-order valence-corrected chi connectivity index (χ2v) is 6.99. The fourth-order valence-electron chi connectivity index (χ4n) is 2.99. The average Bonchev–Trinajstić information content (AvgIpc) is 3.36. The molecular formula is C21H19N7O3. The zero-order valence-corrected chi connectivity index (χ0v) is 17.0. The van der Waals surface area contributed by atoms with Crippen molar-refractivity contribution in [3.63, 3.8) is 0 Å². The largest absolute Gasteiger partial charge is 0.372 e. The van der Waals surface area contributed by atoms with Crippen molar-refractivity contribution in [2.45, 2.75) is 19.4 Å². The number of anilines is 1. The van der Waals surface area contributed by atoms with Gasteiger partial charge in [-0.2, -0.15) is 10.1 Å². The standard InChI is InChI=1S/C21H19N7O3/c1-12-10-16(27-31-12)21(2,30)8-6-13-4-5-14-15(11-13)28(26-18(14)19(29)23-3)17-7-9-24-20(22)25-17/h4-5,7,9-11,30H,1-3H3,(H,23,29)(H2,22,24,25). The van der Waals surface area contributed by atoms with Crippen LogP contribution in [0.4, 0.5) is 5.95 Å². The molecule has 156 valence electrons. The minimum atomic E-state index is -1.50. The first-order chi connectivity index (χ1) is 14.8. The van der Waals surface area contributed by atoms with E-state index < -0.39 is 5.60 Å². The Labute approximate surface area is 177 Å². The number of carbonyl (C=O) groups is 1. The lowest BCUT2D eigenvalue weighted by molar-refractivity contribution is 0.0959. The number of benzene rings is 1. The molecule has 0 bridgehead atoms. The van der Waals surface area contributed by atoms with E-state index in [1.54, 1.807) is 37.3 Å². The number of nitrogens with zero attached hydrogens (tertiary/aromatic N) is 5. The van der Waals surface area contributed by atoms with Gasteiger partial charge in [0.2, 0.25) is 5.95 Å². The van der Waals surface area contributed by atoms with Crippen LogP contribution in [0.3, 0.4) is 0 Å². The Kier molecular flexibility index (Phi) is 4.88. The Morgan fingerprint density at radius 2 is 2.13 bits per heavy atom. The molecule has 1 atom stereocenters. The number of hydrogen-bond donors (Lipinski definition) is 3. The van der Waals surface area contributed by atoms with Gasteiger partial charge in [-0.15, -0.1) is 0 Å². The second-order valence-electron chi connectivity index (χ2n) is 6.99. The molecule has 4 N–H and O–H groups in total. The summed E-state index contributed by atoms with van der Waals surface area (Å²) in [6.45, 7) is 3.27. The van der Waals surface area contributed by atoms with Gasteiger partial charge >= 0.3 is 0 Å². The summed E-state index contributed by atoms with van der Waals surface area (Å²) in [6.07, 6.45) is 1.51. The van der Waals surface area contributed by atoms with Gasteiger partial charge in [0.05, 0.1) is 5.52 Å². The summed E-state index contributed by atoms with van der Waals surface area (Å²) in [5, 5.41) is 22.1. The molecule has 4 rings (SSSR count). The zero-order valence-electron chi connectivity index (χ0n) is 17.0. The van der Waals surface area contributed by atoms with Crippen LogP contribution in [0.1, 0.15) is 34.4 Å². The van der Waals surface area contributed by atoms with Crippen LogP contribution in [0.15, 0.2) is 41.1 Å². The van der Waals surface area contributed by atoms with E-state index in [1.165, 1.54) is 24.9 Å². The monoisotopic (exact) mass is 417 g/mol. The SMILES string of the molecule is CNC(=O)c1nn(-c2ccnc(N)n2)c2cc(C#CC(C)(O)c3cc(C)on3)ccc12. The molecule has 1 unspecified atom stereocenters. The number of aryl methyl sites for hydroxylation is 1. The summed E-state index contributed by atoms with van der Waals surface area (Å²) < 4.78 is 6.52. The van der Waals surface area contributed by atoms with Gasteiger partial charge in [0.1, 0.15) is 11.5 Å². The lowest BCUT2D eigenvalue weighted by Gasteiger charge is -2.11. The van der Waals surface area contributed by atoms with Crippen molar-refractivity contribution in [3.05, 3.63) is 59.2 Å². The van der Waals surface area contributed by atoms with Crippen LogP contribution in [0.5, 0.6) is 0 Å². The molecule has 0 aliphatic rings. The Balaban J connectivity index is 1.83. The zero-order chi connectivity index (χ0) is 22.2. The molecule has 3 heterocycles. The minimum absolute atomic E-state index is 0.0811. The summed E-state index contributed by atoms with van der Waals surface area (Å²) in [4.78, 5) is 20.4. The van der Waals surface area contributed by atoms with Crippen LogP contribution in [-0.2, 0) is 5.60 Å². The Bertz CT molecular complexity index is 1360. The fraction of sp³-hybridized carbons (Fsp3) is 0.190. The predicted octanol–water partition coefficient (Wildman–Crippen LogP) is 1.31. The highest BCUT2D eigenvalue weighted by atomic mass is 16.5. The smallest absolute Gasteiger partial charge is 0.272 e. The molecule has 1 amide bonds. The van der Waals surface area contributed by atoms with Gasteiger partial charge in [-0.05, 0) is 32.0 Å². The van der Waals surface area contributed by atoms with Gasteiger partial charge in [0, 0.05) is 36.3 Å². The highest BCUT2D eigenvalue weighted by Gasteiger charge is 2.24. The van der Waals surface area contributed by atoms with E-state index >= 15 is 0 Å². The van der Waals surface area contributed by atoms with Crippen LogP contribution in [0.2, 0.25) is 0 Å². The van der Waals surface area contributed by atoms with Gasteiger partial charge in [-0.1, -0.05) is 17.0 Å². The molecule has 0 spiro atoms. The lowest BCUT2D eigenvalue weighted by atomic mass is 10.0. The molecule has 31 heavy (non-hydrogen) atoms. The maximum absolute atomic E-state index is 12.3. The molecule has 10 nitrogen and oxygen atoms in total. The van der Waals surface area contributed by atoms with Gasteiger partial charge in [-0.3, -0.25) is 4.79 Å². The van der Waals surface area contributed by atoms with Crippen molar-refractivity contribution in [3.8, 4) is 17.7 Å². The van der Waals surface area contributed by atoms with Crippen molar-refractivity contribution in [2.75, 3.05) is 12.8 Å². The maximum Gasteiger partial charge on any atom is 0.272 e. The minimum Gasteiger partial charge on any atom is -0.372 e. The number of aromatic nitrogens is 5. The number of fused-ring (bicyclic) bond motifs is 1. The number of aliphatic hydroxyl groups is 1. The Hall–Kier alpha value is -4.23. The summed E-state index contributed by atoms with van der Waals surface area (Å²) in [5.74, 6) is 6.48. The topological polar surface area (TPSA) is 145 Å². The van der Waals surface area contributed by atoms with Gasteiger partial charge in [-0.25, -0.2) is 9.67 Å². The average molecular weight is 417 g/mol. The molecule has 0 saturated heterocycles. The van der Waals surface area contributed by atoms with Crippen LogP contribution < -0.4 is 11.1 Å². The van der Waals surface area contributed by atoms with Crippen LogP contribution >= 0.6 is 0 Å². The fourth-order valence-corrected chi connectivity index (χ4v) is 2.99. The van der Waals surface area contributed by atoms with Gasteiger partial charge < -0.3 is 20.7 Å². The van der Waals surface area contributed by atoms with E-state index in [1.807, 2.05) is 0 Å². The van der Waals surface area contributed by atoms with E-state index in [-0.39, 0.29) is 17.5 Å². The Morgan fingerprint density at radius 1 is 1.32 bits per heavy atom. The first-order valence-electron chi connectivity index (χ1n) is 9.31. The van der Waals surface area contributed by atoms with E-state index in [9.17, 15) is 9.90 Å². The van der Waals surface area contributed by atoms with E-state index in [2.05, 4.69) is 37.4 Å². The lowest BCUT2D eigenvalue weighted by Crippen LogP contribution is -2.19. The van der Waals surface area contributed by atoms with Gasteiger partial charge in [0.25, 0.3) is 5.91 Å². The van der Waals surface area contributed by atoms with E-state index in [0.717, 1.165) is 0 Å². The number of hydrogen-bond acceptors (Lipinski definition) is 8. The third-order valence-corrected chi connectivity index (χ3v) is 4.58. The number of carbonyl (C=O) groups excluding carboxylic acids is 1. The predicted molar refractivity (Wildman–Crippen MR) is 112 cm³/mol. The highest BCUT2D eigenvalue weighted by Crippen LogP contribution is 2.24. The van der Waals surface area contributed by atoms with E-state index in [0.29, 0.717) is 33.7 Å². The van der Waals surface area contributed by atoms with Crippen molar-refractivity contribution in [2.24, 2.45) is 0 Å². The van der Waals surface area contributed by atoms with Crippen molar-refractivity contribution < 1.29 is 14.4 Å². The molecule has 0 saturated carbocycles. The molecule has 0 aliphatic carbocycles. The molecule has 0 fully saturated rings. The third kappa shape index (κ3) is 3.82. The molecule has 10 heteroatoms. The third-order valence-electron chi connectivity index (χ3n) is 4.58. The number of nitrogens with one attached hydrogen (secondary N) is 1. The van der Waals surface area contributed by atoms with Crippen LogP contribution in [0, 0.1) is 18.8 Å². The first-order valence-corrected chi connectivity index (χ1v) is 9.31. The molecule has 0 radical (unpaired) electrons. The maximum atomic E-state index is 12.3. The first kappa shape index (κ1) is 20.1. The number of amides is 1. The molecule has 4 aromatic rings. The van der Waals surface area contributed by atoms with Crippen molar-refractivity contribution >= 4 is 22.8 Å². The van der Waals surface area contributed by atoms with Crippen molar-refractivity contribution in [1.82, 2.24) is 30.2 Å². The molecular weight excluding hydrogens is 398 g/mol. The molecule has 3 aromatic heterocycles. The normalized spacial score (nSPS) is 12.8. The summed E-state index contributed by atoms with van der Waals surface area (Å²) in [6, 6.07) is 8.50. The van der Waals surface area contributed by atoms with E-state index in [4.69, 9.17) is 10.3 Å². The van der Waals surface area contributed by atoms with Gasteiger partial charge in [0.15, 0.2) is 17.1 Å². The van der Waals surface area contributed by atoms with Crippen molar-refractivity contribution in [1.29, 1.82) is 0 Å². The summed E-state index contributed by atoms with van der Waals surface area (Å²) >= 11 is 0. The molecule has 1 aromatic carbocycles. The van der Waals surface area contributed by atoms with Crippen LogP contribution in [0.25, 0.3) is 16.7 Å². The molecule has 0 aliphatic heterocycles. The summed E-state index contributed by atoms with van der Waals surface area (Å²) in [5.41, 5.74) is 5.96. The number of nitrogen functional groups attached to an aromatic ring is 1.